The van der Waals surface area contributed by atoms with Crippen LogP contribution < -0.4 is 0 Å². The van der Waals surface area contributed by atoms with Crippen LogP contribution >= 0.6 is 0 Å². The first-order valence-corrected chi connectivity index (χ1v) is 5.54. The number of hydrogen-bond acceptors (Lipinski definition) is 1. The SMILES string of the molecule is C=C(Cc1ccc(C(C)CC)cc1)C(=O)O. The molecule has 1 N–H and O–H groups in total. The second kappa shape index (κ2) is 5.50. The van der Waals surface area contributed by atoms with Gasteiger partial charge in [-0.25, -0.2) is 4.79 Å². The van der Waals surface area contributed by atoms with Crippen molar-refractivity contribution in [3.05, 3.63) is 47.5 Å². The Morgan fingerprint density at radius 2 is 1.94 bits per heavy atom. The van der Waals surface area contributed by atoms with Gasteiger partial charge in [-0.3, -0.25) is 0 Å². The first-order chi connectivity index (χ1) is 7.54. The lowest BCUT2D eigenvalue weighted by Crippen LogP contribution is -2.02. The Kier molecular flexibility index (Phi) is 4.29. The number of benzene rings is 1. The minimum absolute atomic E-state index is 0.233. The Morgan fingerprint density at radius 3 is 2.38 bits per heavy atom. The highest BCUT2D eigenvalue weighted by Crippen LogP contribution is 2.19. The monoisotopic (exact) mass is 218 g/mol. The fourth-order valence-electron chi connectivity index (χ4n) is 1.52. The molecular formula is C14H18O2. The van der Waals surface area contributed by atoms with Gasteiger partial charge in [0.1, 0.15) is 0 Å². The van der Waals surface area contributed by atoms with Gasteiger partial charge in [0.15, 0.2) is 0 Å². The highest BCUT2D eigenvalue weighted by Gasteiger charge is 2.06. The largest absolute Gasteiger partial charge is 0.478 e. The standard InChI is InChI=1S/C14H18O2/c1-4-10(2)13-7-5-12(6-8-13)9-11(3)14(15)16/h5-8,10H,3-4,9H2,1-2H3,(H,15,16). The number of rotatable bonds is 5. The van der Waals surface area contributed by atoms with Crippen molar-refractivity contribution in [2.45, 2.75) is 32.6 Å². The van der Waals surface area contributed by atoms with E-state index >= 15 is 0 Å². The Labute approximate surface area is 96.6 Å². The van der Waals surface area contributed by atoms with Crippen LogP contribution in [0.5, 0.6) is 0 Å². The molecule has 0 radical (unpaired) electrons. The van der Waals surface area contributed by atoms with Gasteiger partial charge in [0.2, 0.25) is 0 Å². The third-order valence-corrected chi connectivity index (χ3v) is 2.88. The summed E-state index contributed by atoms with van der Waals surface area (Å²) in [5, 5.41) is 8.72. The molecule has 1 unspecified atom stereocenters. The lowest BCUT2D eigenvalue weighted by molar-refractivity contribution is -0.132. The number of aliphatic carboxylic acids is 1. The van der Waals surface area contributed by atoms with Gasteiger partial charge < -0.3 is 5.11 Å². The maximum absolute atomic E-state index is 10.6. The minimum atomic E-state index is -0.925. The van der Waals surface area contributed by atoms with Crippen molar-refractivity contribution in [1.29, 1.82) is 0 Å². The molecule has 0 aromatic heterocycles. The van der Waals surface area contributed by atoms with Crippen LogP contribution in [0.25, 0.3) is 0 Å². The van der Waals surface area contributed by atoms with Gasteiger partial charge in [0, 0.05) is 12.0 Å². The van der Waals surface area contributed by atoms with Crippen LogP contribution in [0.2, 0.25) is 0 Å². The fourth-order valence-corrected chi connectivity index (χ4v) is 1.52. The maximum Gasteiger partial charge on any atom is 0.331 e. The van der Waals surface area contributed by atoms with Crippen molar-refractivity contribution in [3.63, 3.8) is 0 Å². The zero-order chi connectivity index (χ0) is 12.1. The zero-order valence-corrected chi connectivity index (χ0v) is 9.86. The fraction of sp³-hybridized carbons (Fsp3) is 0.357. The first-order valence-electron chi connectivity index (χ1n) is 5.54. The molecule has 1 rings (SSSR count). The second-order valence-corrected chi connectivity index (χ2v) is 4.14. The number of carboxylic acids is 1. The molecule has 2 nitrogen and oxygen atoms in total. The Hall–Kier alpha value is -1.57. The number of carboxylic acid groups (broad SMARTS) is 1. The van der Waals surface area contributed by atoms with Crippen LogP contribution in [0, 0.1) is 0 Å². The Morgan fingerprint density at radius 1 is 1.38 bits per heavy atom. The normalized spacial score (nSPS) is 12.1. The van der Waals surface area contributed by atoms with E-state index in [-0.39, 0.29) is 5.57 Å². The van der Waals surface area contributed by atoms with Gasteiger partial charge in [0.25, 0.3) is 0 Å². The molecule has 0 fully saturated rings. The van der Waals surface area contributed by atoms with E-state index in [0.29, 0.717) is 12.3 Å². The number of carbonyl (C=O) groups is 1. The molecule has 0 saturated carbocycles. The van der Waals surface area contributed by atoms with Crippen molar-refractivity contribution < 1.29 is 9.90 Å². The molecule has 0 spiro atoms. The molecule has 0 saturated heterocycles. The highest BCUT2D eigenvalue weighted by molar-refractivity contribution is 5.86. The van der Waals surface area contributed by atoms with E-state index < -0.39 is 5.97 Å². The first kappa shape index (κ1) is 12.5. The van der Waals surface area contributed by atoms with Crippen LogP contribution in [-0.2, 0) is 11.2 Å². The lowest BCUT2D eigenvalue weighted by atomic mass is 9.96. The quantitative estimate of drug-likeness (QED) is 0.769. The van der Waals surface area contributed by atoms with Crippen LogP contribution in [-0.4, -0.2) is 11.1 Å². The van der Waals surface area contributed by atoms with E-state index in [1.54, 1.807) is 0 Å². The summed E-state index contributed by atoms with van der Waals surface area (Å²) in [6.45, 7) is 7.87. The van der Waals surface area contributed by atoms with Crippen LogP contribution in [0.1, 0.15) is 37.3 Å². The van der Waals surface area contributed by atoms with Crippen LogP contribution in [0.4, 0.5) is 0 Å². The zero-order valence-electron chi connectivity index (χ0n) is 9.86. The van der Waals surface area contributed by atoms with Crippen LogP contribution in [0.15, 0.2) is 36.4 Å². The van der Waals surface area contributed by atoms with E-state index in [2.05, 4.69) is 32.6 Å². The van der Waals surface area contributed by atoms with E-state index in [9.17, 15) is 4.79 Å². The molecule has 0 amide bonds. The molecule has 1 aromatic rings. The van der Waals surface area contributed by atoms with Gasteiger partial charge in [-0.1, -0.05) is 44.7 Å². The van der Waals surface area contributed by atoms with Gasteiger partial charge in [-0.15, -0.1) is 0 Å². The van der Waals surface area contributed by atoms with E-state index in [0.717, 1.165) is 12.0 Å². The van der Waals surface area contributed by atoms with Gasteiger partial charge in [-0.2, -0.15) is 0 Å². The van der Waals surface area contributed by atoms with E-state index in [1.165, 1.54) is 5.56 Å². The van der Waals surface area contributed by atoms with Gasteiger partial charge >= 0.3 is 5.97 Å². The summed E-state index contributed by atoms with van der Waals surface area (Å²) >= 11 is 0. The third-order valence-electron chi connectivity index (χ3n) is 2.88. The third kappa shape index (κ3) is 3.23. The molecule has 0 aliphatic rings. The maximum atomic E-state index is 10.6. The molecule has 1 aromatic carbocycles. The lowest BCUT2D eigenvalue weighted by Gasteiger charge is -2.09. The summed E-state index contributed by atoms with van der Waals surface area (Å²) < 4.78 is 0. The molecule has 86 valence electrons. The summed E-state index contributed by atoms with van der Waals surface area (Å²) in [5.41, 5.74) is 2.53. The van der Waals surface area contributed by atoms with Gasteiger partial charge in [-0.05, 0) is 23.5 Å². The molecule has 0 bridgehead atoms. The topological polar surface area (TPSA) is 37.3 Å². The molecule has 1 atom stereocenters. The molecule has 0 aliphatic heterocycles. The van der Waals surface area contributed by atoms with Crippen molar-refractivity contribution in [1.82, 2.24) is 0 Å². The second-order valence-electron chi connectivity index (χ2n) is 4.14. The molecule has 0 heterocycles. The molecule has 16 heavy (non-hydrogen) atoms. The van der Waals surface area contributed by atoms with E-state index in [1.807, 2.05) is 12.1 Å². The highest BCUT2D eigenvalue weighted by atomic mass is 16.4. The van der Waals surface area contributed by atoms with Crippen molar-refractivity contribution in [2.75, 3.05) is 0 Å². The smallest absolute Gasteiger partial charge is 0.331 e. The summed E-state index contributed by atoms with van der Waals surface area (Å²) in [5.74, 6) is -0.372. The van der Waals surface area contributed by atoms with Crippen molar-refractivity contribution in [2.24, 2.45) is 0 Å². The average Bonchev–Trinajstić information content (AvgIpc) is 2.28. The summed E-state index contributed by atoms with van der Waals surface area (Å²) in [4.78, 5) is 10.6. The summed E-state index contributed by atoms with van der Waals surface area (Å²) in [7, 11) is 0. The number of hydrogen-bond donors (Lipinski definition) is 1. The van der Waals surface area contributed by atoms with Gasteiger partial charge in [0.05, 0.1) is 0 Å². The predicted molar refractivity (Wildman–Crippen MR) is 65.6 cm³/mol. The molecule has 0 aliphatic carbocycles. The average molecular weight is 218 g/mol. The van der Waals surface area contributed by atoms with Crippen molar-refractivity contribution >= 4 is 5.97 Å². The van der Waals surface area contributed by atoms with E-state index in [4.69, 9.17) is 5.11 Å². The van der Waals surface area contributed by atoms with Crippen molar-refractivity contribution in [3.8, 4) is 0 Å². The molecule has 2 heteroatoms. The summed E-state index contributed by atoms with van der Waals surface area (Å²) in [6, 6.07) is 8.10. The van der Waals surface area contributed by atoms with Crippen LogP contribution in [0.3, 0.4) is 0 Å². The Balaban J connectivity index is 2.72. The molecular weight excluding hydrogens is 200 g/mol. The summed E-state index contributed by atoms with van der Waals surface area (Å²) in [6.07, 6.45) is 1.53. The Bertz CT molecular complexity index is 376. The predicted octanol–water partition coefficient (Wildman–Crippen LogP) is 3.38. The minimum Gasteiger partial charge on any atom is -0.478 e.